The fraction of sp³-hybridized carbons (Fsp3) is 0. The second-order valence-electron chi connectivity index (χ2n) is 3.52. The van der Waals surface area contributed by atoms with Crippen LogP contribution in [0.2, 0.25) is 15.1 Å². The van der Waals surface area contributed by atoms with E-state index in [1.807, 2.05) is 0 Å². The number of halogens is 3. The fourth-order valence-corrected chi connectivity index (χ4v) is 3.37. The number of hydrogen-bond donors (Lipinski definition) is 1. The Morgan fingerprint density at radius 2 is 1.79 bits per heavy atom. The first-order valence-corrected chi connectivity index (χ1v) is 7.60. The first-order chi connectivity index (χ1) is 8.92. The highest BCUT2D eigenvalue weighted by atomic mass is 35.5. The Balaban J connectivity index is 2.44. The Labute approximate surface area is 125 Å². The first kappa shape index (κ1) is 14.4. The fourth-order valence-electron chi connectivity index (χ4n) is 1.35. The maximum absolute atomic E-state index is 12.2. The molecule has 4 nitrogen and oxygen atoms in total. The molecule has 0 atom stereocenters. The summed E-state index contributed by atoms with van der Waals surface area (Å²) in [5.74, 6) is 0. The minimum Gasteiger partial charge on any atom is -0.278 e. The molecule has 0 radical (unpaired) electrons. The van der Waals surface area contributed by atoms with Gasteiger partial charge in [0.15, 0.2) is 0 Å². The predicted octanol–water partition coefficient (Wildman–Crippen LogP) is 3.84. The van der Waals surface area contributed by atoms with Crippen molar-refractivity contribution < 1.29 is 8.42 Å². The molecule has 1 aromatic carbocycles. The topological polar surface area (TPSA) is 59.1 Å². The number of aromatic nitrogens is 1. The zero-order valence-electron chi connectivity index (χ0n) is 9.27. The summed E-state index contributed by atoms with van der Waals surface area (Å²) in [6, 6.07) is 5.83. The highest BCUT2D eigenvalue weighted by molar-refractivity contribution is 7.92. The number of hydrogen-bond acceptors (Lipinski definition) is 3. The van der Waals surface area contributed by atoms with E-state index in [-0.39, 0.29) is 20.0 Å². The summed E-state index contributed by atoms with van der Waals surface area (Å²) in [6.45, 7) is 0. The summed E-state index contributed by atoms with van der Waals surface area (Å²) >= 11 is 17.5. The van der Waals surface area contributed by atoms with Crippen LogP contribution in [0.1, 0.15) is 0 Å². The predicted molar refractivity (Wildman–Crippen MR) is 76.5 cm³/mol. The molecule has 2 rings (SSSR count). The van der Waals surface area contributed by atoms with Crippen molar-refractivity contribution in [3.8, 4) is 0 Å². The van der Waals surface area contributed by atoms with Gasteiger partial charge in [0.25, 0.3) is 10.0 Å². The van der Waals surface area contributed by atoms with E-state index >= 15 is 0 Å². The Morgan fingerprint density at radius 1 is 1.05 bits per heavy atom. The van der Waals surface area contributed by atoms with Crippen LogP contribution in [0.4, 0.5) is 5.69 Å². The average molecular weight is 338 g/mol. The Kier molecular flexibility index (Phi) is 4.20. The number of rotatable bonds is 3. The van der Waals surface area contributed by atoms with E-state index in [0.29, 0.717) is 5.69 Å². The molecule has 0 unspecified atom stereocenters. The molecule has 0 saturated carbocycles. The van der Waals surface area contributed by atoms with E-state index in [2.05, 4.69) is 9.71 Å². The largest absolute Gasteiger partial charge is 0.278 e. The van der Waals surface area contributed by atoms with Gasteiger partial charge < -0.3 is 0 Å². The van der Waals surface area contributed by atoms with Gasteiger partial charge >= 0.3 is 0 Å². The third-order valence-corrected chi connectivity index (χ3v) is 5.03. The molecule has 100 valence electrons. The van der Waals surface area contributed by atoms with E-state index in [4.69, 9.17) is 34.8 Å². The van der Waals surface area contributed by atoms with Crippen LogP contribution in [0.3, 0.4) is 0 Å². The maximum atomic E-state index is 12.2. The van der Waals surface area contributed by atoms with Crippen molar-refractivity contribution in [1.82, 2.24) is 4.98 Å². The van der Waals surface area contributed by atoms with Crippen LogP contribution in [0, 0.1) is 0 Å². The summed E-state index contributed by atoms with van der Waals surface area (Å²) in [7, 11) is -3.85. The molecule has 0 amide bonds. The van der Waals surface area contributed by atoms with E-state index in [1.54, 1.807) is 12.1 Å². The van der Waals surface area contributed by atoms with Gasteiger partial charge in [0.05, 0.1) is 27.0 Å². The highest BCUT2D eigenvalue weighted by Gasteiger charge is 2.21. The van der Waals surface area contributed by atoms with Gasteiger partial charge in [-0.1, -0.05) is 34.8 Å². The van der Waals surface area contributed by atoms with Gasteiger partial charge in [-0.25, -0.2) is 8.42 Å². The molecule has 0 saturated heterocycles. The van der Waals surface area contributed by atoms with Gasteiger partial charge in [0.2, 0.25) is 0 Å². The van der Waals surface area contributed by atoms with E-state index in [0.717, 1.165) is 0 Å². The average Bonchev–Trinajstić information content (AvgIpc) is 2.36. The lowest BCUT2D eigenvalue weighted by atomic mass is 10.4. The molecule has 2 aromatic rings. The lowest BCUT2D eigenvalue weighted by Crippen LogP contribution is -2.13. The van der Waals surface area contributed by atoms with Gasteiger partial charge in [-0.3, -0.25) is 9.71 Å². The van der Waals surface area contributed by atoms with Crippen LogP contribution >= 0.6 is 34.8 Å². The molecule has 0 aliphatic carbocycles. The molecule has 0 spiro atoms. The molecule has 1 N–H and O–H groups in total. The quantitative estimate of drug-likeness (QED) is 0.866. The third kappa shape index (κ3) is 3.12. The summed E-state index contributed by atoms with van der Waals surface area (Å²) < 4.78 is 26.7. The van der Waals surface area contributed by atoms with Crippen molar-refractivity contribution in [3.63, 3.8) is 0 Å². The summed E-state index contributed by atoms with van der Waals surface area (Å²) in [4.78, 5) is 3.66. The molecule has 1 heterocycles. The number of pyridine rings is 1. The molecule has 0 aliphatic heterocycles. The number of nitrogens with zero attached hydrogens (tertiary/aromatic N) is 1. The molecule has 0 aliphatic rings. The van der Waals surface area contributed by atoms with Crippen LogP contribution in [0.15, 0.2) is 41.6 Å². The SMILES string of the molecule is O=S(=O)(Nc1cccnc1)c1ccc(Cl)c(Cl)c1Cl. The van der Waals surface area contributed by atoms with Crippen LogP contribution in [-0.4, -0.2) is 13.4 Å². The van der Waals surface area contributed by atoms with E-state index in [9.17, 15) is 8.42 Å². The van der Waals surface area contributed by atoms with Crippen LogP contribution < -0.4 is 4.72 Å². The van der Waals surface area contributed by atoms with Gasteiger partial charge in [-0.05, 0) is 24.3 Å². The molecule has 1 aromatic heterocycles. The number of sulfonamides is 1. The second kappa shape index (κ2) is 5.54. The van der Waals surface area contributed by atoms with E-state index < -0.39 is 10.0 Å². The third-order valence-electron chi connectivity index (χ3n) is 2.20. The maximum Gasteiger partial charge on any atom is 0.263 e. The van der Waals surface area contributed by atoms with Crippen LogP contribution in [-0.2, 0) is 10.0 Å². The highest BCUT2D eigenvalue weighted by Crippen LogP contribution is 2.35. The minimum absolute atomic E-state index is 0.00241. The van der Waals surface area contributed by atoms with Gasteiger partial charge in [0.1, 0.15) is 4.90 Å². The van der Waals surface area contributed by atoms with Crippen molar-refractivity contribution in [2.45, 2.75) is 4.90 Å². The standard InChI is InChI=1S/C11H7Cl3N2O2S/c12-8-3-4-9(11(14)10(8)13)19(17,18)16-7-2-1-5-15-6-7/h1-6,16H. The molecule has 0 fully saturated rings. The Hall–Kier alpha value is -1.01. The minimum atomic E-state index is -3.85. The van der Waals surface area contributed by atoms with Crippen molar-refractivity contribution in [2.75, 3.05) is 4.72 Å². The lowest BCUT2D eigenvalue weighted by Gasteiger charge is -2.10. The number of anilines is 1. The summed E-state index contributed by atoms with van der Waals surface area (Å²) in [5, 5.41) is 0.0648. The van der Waals surface area contributed by atoms with Crippen molar-refractivity contribution in [1.29, 1.82) is 0 Å². The van der Waals surface area contributed by atoms with Crippen molar-refractivity contribution in [3.05, 3.63) is 51.7 Å². The number of benzene rings is 1. The molecular weight excluding hydrogens is 331 g/mol. The lowest BCUT2D eigenvalue weighted by molar-refractivity contribution is 0.601. The molecule has 8 heteroatoms. The smallest absolute Gasteiger partial charge is 0.263 e. The van der Waals surface area contributed by atoms with Crippen molar-refractivity contribution >= 4 is 50.5 Å². The second-order valence-corrected chi connectivity index (χ2v) is 6.33. The Bertz CT molecular complexity index is 705. The van der Waals surface area contributed by atoms with Crippen LogP contribution in [0.5, 0.6) is 0 Å². The van der Waals surface area contributed by atoms with E-state index in [1.165, 1.54) is 24.5 Å². The summed E-state index contributed by atoms with van der Waals surface area (Å²) in [5.41, 5.74) is 0.324. The van der Waals surface area contributed by atoms with Gasteiger partial charge in [0, 0.05) is 6.20 Å². The molecular formula is C11H7Cl3N2O2S. The van der Waals surface area contributed by atoms with Gasteiger partial charge in [-0.2, -0.15) is 0 Å². The number of nitrogens with one attached hydrogen (secondary N) is 1. The van der Waals surface area contributed by atoms with Crippen molar-refractivity contribution in [2.24, 2.45) is 0 Å². The normalized spacial score (nSPS) is 11.3. The monoisotopic (exact) mass is 336 g/mol. The summed E-state index contributed by atoms with van der Waals surface area (Å²) in [6.07, 6.45) is 2.91. The molecule has 0 bridgehead atoms. The Morgan fingerprint density at radius 3 is 2.42 bits per heavy atom. The zero-order valence-corrected chi connectivity index (χ0v) is 12.4. The van der Waals surface area contributed by atoms with Crippen LogP contribution in [0.25, 0.3) is 0 Å². The molecule has 19 heavy (non-hydrogen) atoms. The van der Waals surface area contributed by atoms with Gasteiger partial charge in [-0.15, -0.1) is 0 Å². The zero-order chi connectivity index (χ0) is 14.0. The first-order valence-electron chi connectivity index (χ1n) is 4.98.